The lowest BCUT2D eigenvalue weighted by molar-refractivity contribution is 0.308. The van der Waals surface area contributed by atoms with Gasteiger partial charge in [0.25, 0.3) is 0 Å². The van der Waals surface area contributed by atoms with Crippen molar-refractivity contribution < 1.29 is 0 Å². The van der Waals surface area contributed by atoms with Crippen LogP contribution in [-0.2, 0) is 6.54 Å². The fourth-order valence-corrected chi connectivity index (χ4v) is 3.13. The maximum Gasteiger partial charge on any atom is 0.109 e. The van der Waals surface area contributed by atoms with Crippen molar-refractivity contribution in [3.8, 4) is 0 Å². The second kappa shape index (κ2) is 5.43. The van der Waals surface area contributed by atoms with E-state index in [1.165, 1.54) is 56.5 Å². The van der Waals surface area contributed by atoms with E-state index < -0.39 is 0 Å². The molecule has 100 valence electrons. The maximum atomic E-state index is 4.61. The van der Waals surface area contributed by atoms with E-state index in [1.54, 1.807) is 0 Å². The molecular formula is C15H25N3. The fraction of sp³-hybridized carbons (Fsp3) is 0.800. The summed E-state index contributed by atoms with van der Waals surface area (Å²) in [5.74, 6) is 2.83. The maximum absolute atomic E-state index is 4.61. The smallest absolute Gasteiger partial charge is 0.109 e. The van der Waals surface area contributed by atoms with Gasteiger partial charge in [0.2, 0.25) is 0 Å². The lowest BCUT2D eigenvalue weighted by atomic mass is 9.80. The van der Waals surface area contributed by atoms with Crippen molar-refractivity contribution in [3.05, 3.63) is 17.7 Å². The molecular weight excluding hydrogens is 222 g/mol. The number of hydrogen-bond acceptors (Lipinski definition) is 2. The third-order valence-corrected chi connectivity index (χ3v) is 4.55. The summed E-state index contributed by atoms with van der Waals surface area (Å²) >= 11 is 0. The molecule has 18 heavy (non-hydrogen) atoms. The molecule has 3 nitrogen and oxygen atoms in total. The first-order valence-electron chi connectivity index (χ1n) is 7.62. The van der Waals surface area contributed by atoms with Crippen molar-refractivity contribution in [2.45, 2.75) is 70.4 Å². The number of imidazole rings is 1. The van der Waals surface area contributed by atoms with Crippen LogP contribution in [0.1, 0.15) is 69.3 Å². The van der Waals surface area contributed by atoms with E-state index in [0.29, 0.717) is 5.92 Å². The average Bonchev–Trinajstić information content (AvgIpc) is 3.13. The molecule has 2 atom stereocenters. The van der Waals surface area contributed by atoms with Crippen LogP contribution in [0.4, 0.5) is 0 Å². The number of rotatable bonds is 5. The van der Waals surface area contributed by atoms with Crippen LogP contribution in [0.3, 0.4) is 0 Å². The molecule has 2 N–H and O–H groups in total. The van der Waals surface area contributed by atoms with Gasteiger partial charge in [0, 0.05) is 30.4 Å². The molecule has 1 aromatic rings. The van der Waals surface area contributed by atoms with E-state index in [2.05, 4.69) is 22.2 Å². The van der Waals surface area contributed by atoms with Crippen LogP contribution >= 0.6 is 0 Å². The monoisotopic (exact) mass is 247 g/mol. The molecule has 2 aliphatic rings. The van der Waals surface area contributed by atoms with Crippen LogP contribution in [0.25, 0.3) is 0 Å². The summed E-state index contributed by atoms with van der Waals surface area (Å²) < 4.78 is 0. The molecule has 0 radical (unpaired) electrons. The van der Waals surface area contributed by atoms with Gasteiger partial charge in [0.1, 0.15) is 5.82 Å². The topological polar surface area (TPSA) is 40.7 Å². The minimum absolute atomic E-state index is 0.679. The Bertz CT molecular complexity index is 381. The molecule has 2 saturated carbocycles. The van der Waals surface area contributed by atoms with Gasteiger partial charge in [0.15, 0.2) is 0 Å². The molecule has 1 aromatic heterocycles. The van der Waals surface area contributed by atoms with Gasteiger partial charge in [-0.1, -0.05) is 26.2 Å². The first-order valence-corrected chi connectivity index (χ1v) is 7.62. The number of hydrogen-bond donors (Lipinski definition) is 2. The highest BCUT2D eigenvalue weighted by molar-refractivity contribution is 5.07. The molecule has 2 aliphatic carbocycles. The van der Waals surface area contributed by atoms with Crippen molar-refractivity contribution in [1.29, 1.82) is 0 Å². The second-order valence-corrected chi connectivity index (χ2v) is 6.09. The van der Waals surface area contributed by atoms with E-state index in [0.717, 1.165) is 18.5 Å². The third-order valence-electron chi connectivity index (χ3n) is 4.55. The zero-order valence-electron chi connectivity index (χ0n) is 11.4. The Balaban J connectivity index is 1.57. The molecule has 3 rings (SSSR count). The van der Waals surface area contributed by atoms with Crippen molar-refractivity contribution in [2.24, 2.45) is 5.92 Å². The highest BCUT2D eigenvalue weighted by atomic mass is 15.0. The summed E-state index contributed by atoms with van der Waals surface area (Å²) in [4.78, 5) is 8.15. The number of nitrogens with zero attached hydrogens (tertiary/aromatic N) is 1. The highest BCUT2D eigenvalue weighted by Gasteiger charge is 2.24. The number of aromatic nitrogens is 2. The first kappa shape index (κ1) is 12.2. The summed E-state index contributed by atoms with van der Waals surface area (Å²) in [6.07, 6.45) is 11.5. The van der Waals surface area contributed by atoms with Gasteiger partial charge in [-0.3, -0.25) is 0 Å². The second-order valence-electron chi connectivity index (χ2n) is 6.09. The lowest BCUT2D eigenvalue weighted by Gasteiger charge is -2.27. The van der Waals surface area contributed by atoms with E-state index >= 15 is 0 Å². The quantitative estimate of drug-likeness (QED) is 0.837. The molecule has 0 aliphatic heterocycles. The molecule has 2 fully saturated rings. The van der Waals surface area contributed by atoms with Gasteiger partial charge in [-0.2, -0.15) is 0 Å². The average molecular weight is 247 g/mol. The van der Waals surface area contributed by atoms with Gasteiger partial charge in [0.05, 0.1) is 0 Å². The summed E-state index contributed by atoms with van der Waals surface area (Å²) in [6, 6.07) is 0.774. The zero-order valence-corrected chi connectivity index (χ0v) is 11.4. The predicted octanol–water partition coefficient (Wildman–Crippen LogP) is 3.35. The number of nitrogens with one attached hydrogen (secondary N) is 2. The van der Waals surface area contributed by atoms with E-state index in [-0.39, 0.29) is 0 Å². The molecule has 1 heterocycles. The van der Waals surface area contributed by atoms with Crippen LogP contribution in [0, 0.1) is 5.92 Å². The van der Waals surface area contributed by atoms with Gasteiger partial charge >= 0.3 is 0 Å². The number of H-pyrrole nitrogens is 1. The minimum atomic E-state index is 0.679. The standard InChI is InChI=1S/C15H25N3/c1-2-11-4-3-5-12(8-11)15-17-10-14(18-15)9-16-13-6-7-13/h10-13,16H,2-9H2,1H3,(H,17,18). The van der Waals surface area contributed by atoms with Crippen molar-refractivity contribution in [3.63, 3.8) is 0 Å². The van der Waals surface area contributed by atoms with Gasteiger partial charge in [-0.05, 0) is 31.6 Å². The molecule has 2 unspecified atom stereocenters. The van der Waals surface area contributed by atoms with E-state index in [4.69, 9.17) is 0 Å². The van der Waals surface area contributed by atoms with Gasteiger partial charge in [-0.25, -0.2) is 4.98 Å². The Morgan fingerprint density at radius 1 is 1.33 bits per heavy atom. The molecule has 0 amide bonds. The van der Waals surface area contributed by atoms with Crippen LogP contribution in [0.5, 0.6) is 0 Å². The SMILES string of the molecule is CCC1CCCC(c2ncc(CNC3CC3)[nH]2)C1. The fourth-order valence-electron chi connectivity index (χ4n) is 3.13. The highest BCUT2D eigenvalue weighted by Crippen LogP contribution is 2.36. The Hall–Kier alpha value is -0.830. The van der Waals surface area contributed by atoms with Crippen LogP contribution in [-0.4, -0.2) is 16.0 Å². The van der Waals surface area contributed by atoms with Crippen LogP contribution in [0.2, 0.25) is 0 Å². The first-order chi connectivity index (χ1) is 8.85. The Labute approximate surface area is 110 Å². The van der Waals surface area contributed by atoms with E-state index in [1.807, 2.05) is 6.20 Å². The number of aromatic amines is 1. The molecule has 3 heteroatoms. The summed E-state index contributed by atoms with van der Waals surface area (Å²) in [7, 11) is 0. The van der Waals surface area contributed by atoms with E-state index in [9.17, 15) is 0 Å². The summed E-state index contributed by atoms with van der Waals surface area (Å²) in [5.41, 5.74) is 1.26. The van der Waals surface area contributed by atoms with Crippen LogP contribution < -0.4 is 5.32 Å². The normalized spacial score (nSPS) is 28.5. The Morgan fingerprint density at radius 3 is 3.00 bits per heavy atom. The molecule has 0 saturated heterocycles. The summed E-state index contributed by atoms with van der Waals surface area (Å²) in [5, 5.41) is 3.54. The van der Waals surface area contributed by atoms with Crippen molar-refractivity contribution in [1.82, 2.24) is 15.3 Å². The third kappa shape index (κ3) is 2.94. The van der Waals surface area contributed by atoms with Crippen LogP contribution in [0.15, 0.2) is 6.20 Å². The Kier molecular flexibility index (Phi) is 3.69. The van der Waals surface area contributed by atoms with Crippen molar-refractivity contribution >= 4 is 0 Å². The largest absolute Gasteiger partial charge is 0.345 e. The lowest BCUT2D eigenvalue weighted by Crippen LogP contribution is -2.16. The van der Waals surface area contributed by atoms with Gasteiger partial charge < -0.3 is 10.3 Å². The molecule has 0 bridgehead atoms. The van der Waals surface area contributed by atoms with Crippen molar-refractivity contribution in [2.75, 3.05) is 0 Å². The predicted molar refractivity (Wildman–Crippen MR) is 73.4 cm³/mol. The molecule has 0 aromatic carbocycles. The zero-order chi connectivity index (χ0) is 12.4. The molecule has 0 spiro atoms. The Morgan fingerprint density at radius 2 is 2.22 bits per heavy atom. The van der Waals surface area contributed by atoms with Gasteiger partial charge in [-0.15, -0.1) is 0 Å². The minimum Gasteiger partial charge on any atom is -0.345 e. The summed E-state index contributed by atoms with van der Waals surface area (Å²) in [6.45, 7) is 3.28.